The Hall–Kier alpha value is -1.11. The molecule has 2 rings (SSSR count). The molecule has 0 spiro atoms. The lowest BCUT2D eigenvalue weighted by Gasteiger charge is -2.34. The number of nitrogens with zero attached hydrogens (tertiary/aromatic N) is 2. The molecule has 22 heavy (non-hydrogen) atoms. The second-order valence-electron chi connectivity index (χ2n) is 5.50. The third-order valence-corrected chi connectivity index (χ3v) is 4.94. The molecule has 0 aliphatic carbocycles. The summed E-state index contributed by atoms with van der Waals surface area (Å²) in [6.45, 7) is 5.75. The van der Waals surface area contributed by atoms with Crippen molar-refractivity contribution in [3.05, 3.63) is 28.8 Å². The number of aryl methyl sites for hydroxylation is 1. The second kappa shape index (κ2) is 7.94. The van der Waals surface area contributed by atoms with Gasteiger partial charge < -0.3 is 10.2 Å². The van der Waals surface area contributed by atoms with Gasteiger partial charge in [-0.05, 0) is 24.6 Å². The molecule has 7 heteroatoms. The number of carbonyl (C=O) groups is 1. The van der Waals surface area contributed by atoms with Gasteiger partial charge in [-0.1, -0.05) is 17.7 Å². The molecule has 1 N–H and O–H groups in total. The van der Waals surface area contributed by atoms with Gasteiger partial charge in [0.1, 0.15) is 0 Å². The summed E-state index contributed by atoms with van der Waals surface area (Å²) >= 11 is 6.07. The maximum absolute atomic E-state index is 12.2. The van der Waals surface area contributed by atoms with Crippen LogP contribution in [-0.2, 0) is 10.8 Å². The van der Waals surface area contributed by atoms with E-state index in [2.05, 4.69) is 10.2 Å². The average molecular weight is 344 g/mol. The van der Waals surface area contributed by atoms with Crippen LogP contribution >= 0.6 is 11.6 Å². The molecule has 0 bridgehead atoms. The molecule has 1 saturated heterocycles. The molecule has 0 radical (unpaired) electrons. The van der Waals surface area contributed by atoms with Crippen LogP contribution < -0.4 is 5.32 Å². The summed E-state index contributed by atoms with van der Waals surface area (Å²) in [5.41, 5.74) is 1.70. The van der Waals surface area contributed by atoms with Crippen LogP contribution in [0.3, 0.4) is 0 Å². The Morgan fingerprint density at radius 2 is 2.00 bits per heavy atom. The van der Waals surface area contributed by atoms with E-state index in [1.54, 1.807) is 17.2 Å². The number of piperazine rings is 1. The summed E-state index contributed by atoms with van der Waals surface area (Å²) in [6.07, 6.45) is 1.72. The van der Waals surface area contributed by atoms with Crippen LogP contribution in [0, 0.1) is 6.92 Å². The van der Waals surface area contributed by atoms with Gasteiger partial charge in [0.05, 0.1) is 0 Å². The lowest BCUT2D eigenvalue weighted by Crippen LogP contribution is -2.50. The first-order valence-corrected chi connectivity index (χ1v) is 9.40. The molecule has 1 aliphatic heterocycles. The highest BCUT2D eigenvalue weighted by Gasteiger charge is 2.21. The van der Waals surface area contributed by atoms with E-state index >= 15 is 0 Å². The normalized spacial score (nSPS) is 17.3. The van der Waals surface area contributed by atoms with Crippen molar-refractivity contribution < 1.29 is 9.00 Å². The number of anilines is 1. The van der Waals surface area contributed by atoms with Crippen LogP contribution in [0.1, 0.15) is 5.56 Å². The highest BCUT2D eigenvalue weighted by molar-refractivity contribution is 7.84. The maximum Gasteiger partial charge on any atom is 0.321 e. The van der Waals surface area contributed by atoms with E-state index in [0.717, 1.165) is 25.2 Å². The van der Waals surface area contributed by atoms with Gasteiger partial charge in [0, 0.05) is 66.2 Å². The monoisotopic (exact) mass is 343 g/mol. The predicted molar refractivity (Wildman–Crippen MR) is 92.2 cm³/mol. The number of benzene rings is 1. The molecular formula is C15H22ClN3O2S. The molecule has 1 aromatic carbocycles. The number of halogens is 1. The first kappa shape index (κ1) is 17.2. The molecule has 5 nitrogen and oxygen atoms in total. The number of urea groups is 1. The quantitative estimate of drug-likeness (QED) is 0.911. The molecule has 1 unspecified atom stereocenters. The maximum atomic E-state index is 12.2. The van der Waals surface area contributed by atoms with Crippen LogP contribution in [0.4, 0.5) is 10.5 Å². The fraction of sp³-hybridized carbons (Fsp3) is 0.533. The van der Waals surface area contributed by atoms with E-state index in [0.29, 0.717) is 29.6 Å². The van der Waals surface area contributed by atoms with Crippen LogP contribution in [-0.4, -0.2) is 64.8 Å². The molecule has 1 heterocycles. The first-order chi connectivity index (χ1) is 10.5. The van der Waals surface area contributed by atoms with Gasteiger partial charge in [0.15, 0.2) is 0 Å². The molecule has 1 aliphatic rings. The number of carbonyl (C=O) groups excluding carboxylic acids is 1. The molecular weight excluding hydrogens is 322 g/mol. The van der Waals surface area contributed by atoms with Crippen molar-refractivity contribution in [1.82, 2.24) is 9.80 Å². The SMILES string of the molecule is Cc1ccc(NC(=O)N2CCN(CCS(C)=O)CC2)cc1Cl. The first-order valence-electron chi connectivity index (χ1n) is 7.30. The summed E-state index contributed by atoms with van der Waals surface area (Å²) in [7, 11) is -0.763. The highest BCUT2D eigenvalue weighted by atomic mass is 35.5. The van der Waals surface area contributed by atoms with E-state index in [1.807, 2.05) is 19.1 Å². The van der Waals surface area contributed by atoms with Crippen molar-refractivity contribution in [3.63, 3.8) is 0 Å². The summed E-state index contributed by atoms with van der Waals surface area (Å²) in [5, 5.41) is 3.53. The zero-order valence-electron chi connectivity index (χ0n) is 13.0. The molecule has 2 amide bonds. The Bertz CT molecular complexity index is 560. The van der Waals surface area contributed by atoms with Crippen molar-refractivity contribution in [3.8, 4) is 0 Å². The van der Waals surface area contributed by atoms with E-state index < -0.39 is 10.8 Å². The van der Waals surface area contributed by atoms with E-state index in [1.165, 1.54) is 0 Å². The zero-order chi connectivity index (χ0) is 16.1. The molecule has 0 saturated carbocycles. The fourth-order valence-corrected chi connectivity index (χ4v) is 3.00. The van der Waals surface area contributed by atoms with Crippen molar-refractivity contribution in [2.45, 2.75) is 6.92 Å². The van der Waals surface area contributed by atoms with Crippen LogP contribution in [0.15, 0.2) is 18.2 Å². The number of amides is 2. The Balaban J connectivity index is 1.82. The minimum atomic E-state index is -0.763. The topological polar surface area (TPSA) is 52.7 Å². The Labute approximate surface area is 139 Å². The minimum Gasteiger partial charge on any atom is -0.322 e. The predicted octanol–water partition coefficient (Wildman–Crippen LogP) is 2.18. The van der Waals surface area contributed by atoms with Crippen molar-refractivity contribution in [2.75, 3.05) is 50.0 Å². The minimum absolute atomic E-state index is 0.0985. The van der Waals surface area contributed by atoms with Crippen molar-refractivity contribution in [2.24, 2.45) is 0 Å². The second-order valence-corrected chi connectivity index (χ2v) is 7.46. The molecule has 1 atom stereocenters. The number of hydrogen-bond acceptors (Lipinski definition) is 3. The Morgan fingerprint density at radius 3 is 2.59 bits per heavy atom. The van der Waals surface area contributed by atoms with Crippen molar-refractivity contribution in [1.29, 1.82) is 0 Å². The summed E-state index contributed by atoms with van der Waals surface area (Å²) in [6, 6.07) is 5.41. The Kier molecular flexibility index (Phi) is 6.23. The molecule has 0 aromatic heterocycles. The highest BCUT2D eigenvalue weighted by Crippen LogP contribution is 2.20. The van der Waals surface area contributed by atoms with E-state index in [4.69, 9.17) is 11.6 Å². The van der Waals surface area contributed by atoms with Gasteiger partial charge in [-0.2, -0.15) is 0 Å². The number of rotatable bonds is 4. The van der Waals surface area contributed by atoms with Gasteiger partial charge in [0.25, 0.3) is 0 Å². The number of hydrogen-bond donors (Lipinski definition) is 1. The Morgan fingerprint density at radius 1 is 1.32 bits per heavy atom. The van der Waals surface area contributed by atoms with E-state index in [-0.39, 0.29) is 6.03 Å². The third-order valence-electron chi connectivity index (χ3n) is 3.78. The lowest BCUT2D eigenvalue weighted by atomic mass is 10.2. The molecule has 1 aromatic rings. The smallest absolute Gasteiger partial charge is 0.321 e. The summed E-state index contributed by atoms with van der Waals surface area (Å²) < 4.78 is 11.1. The average Bonchev–Trinajstić information content (AvgIpc) is 2.49. The molecule has 1 fully saturated rings. The van der Waals surface area contributed by atoms with Gasteiger partial charge in [-0.15, -0.1) is 0 Å². The van der Waals surface area contributed by atoms with Crippen LogP contribution in [0.25, 0.3) is 0 Å². The van der Waals surface area contributed by atoms with Gasteiger partial charge in [0.2, 0.25) is 0 Å². The largest absolute Gasteiger partial charge is 0.322 e. The zero-order valence-corrected chi connectivity index (χ0v) is 14.5. The lowest BCUT2D eigenvalue weighted by molar-refractivity contribution is 0.152. The standard InChI is InChI=1S/C15H22ClN3O2S/c1-12-3-4-13(11-14(12)16)17-15(20)19-7-5-18(6-8-19)9-10-22(2)21/h3-4,11H,5-10H2,1-2H3,(H,17,20). The van der Waals surface area contributed by atoms with Crippen molar-refractivity contribution >= 4 is 34.1 Å². The van der Waals surface area contributed by atoms with Crippen LogP contribution in [0.2, 0.25) is 5.02 Å². The molecule has 122 valence electrons. The van der Waals surface area contributed by atoms with E-state index in [9.17, 15) is 9.00 Å². The summed E-state index contributed by atoms with van der Waals surface area (Å²) in [5.74, 6) is 0.689. The van der Waals surface area contributed by atoms with Gasteiger partial charge in [-0.25, -0.2) is 4.79 Å². The van der Waals surface area contributed by atoms with Crippen LogP contribution in [0.5, 0.6) is 0 Å². The fourth-order valence-electron chi connectivity index (χ4n) is 2.31. The summed E-state index contributed by atoms with van der Waals surface area (Å²) in [4.78, 5) is 16.3. The van der Waals surface area contributed by atoms with Gasteiger partial charge >= 0.3 is 6.03 Å². The van der Waals surface area contributed by atoms with Gasteiger partial charge in [-0.3, -0.25) is 9.11 Å². The third kappa shape index (κ3) is 4.97. The number of nitrogens with one attached hydrogen (secondary N) is 1.